The summed E-state index contributed by atoms with van der Waals surface area (Å²) in [5.41, 5.74) is 0.365. The molecule has 0 unspecified atom stereocenters. The van der Waals surface area contributed by atoms with Crippen molar-refractivity contribution in [1.82, 2.24) is 4.98 Å². The fourth-order valence-corrected chi connectivity index (χ4v) is 2.95. The van der Waals surface area contributed by atoms with Gasteiger partial charge in [-0.1, -0.05) is 6.07 Å². The number of carboxylic acids is 1. The van der Waals surface area contributed by atoms with E-state index in [4.69, 9.17) is 5.11 Å². The fourth-order valence-electron chi connectivity index (χ4n) is 2.95. The van der Waals surface area contributed by atoms with Gasteiger partial charge < -0.3 is 10.0 Å². The van der Waals surface area contributed by atoms with Gasteiger partial charge in [-0.2, -0.15) is 13.2 Å². The molecule has 2 aromatic rings. The van der Waals surface area contributed by atoms with Crippen LogP contribution in [0, 0.1) is 5.92 Å². The highest BCUT2D eigenvalue weighted by Gasteiger charge is 2.31. The molecule has 3 rings (SSSR count). The zero-order valence-corrected chi connectivity index (χ0v) is 12.2. The van der Waals surface area contributed by atoms with Crippen LogP contribution in [0.5, 0.6) is 0 Å². The Morgan fingerprint density at radius 3 is 2.52 bits per heavy atom. The topological polar surface area (TPSA) is 53.4 Å². The van der Waals surface area contributed by atoms with Gasteiger partial charge in [-0.15, -0.1) is 0 Å². The van der Waals surface area contributed by atoms with Crippen LogP contribution in [0.1, 0.15) is 18.4 Å². The fraction of sp³-hybridized carbons (Fsp3) is 0.375. The third kappa shape index (κ3) is 3.09. The van der Waals surface area contributed by atoms with Crippen LogP contribution in [0.25, 0.3) is 10.9 Å². The van der Waals surface area contributed by atoms with Crippen LogP contribution in [0.4, 0.5) is 18.9 Å². The van der Waals surface area contributed by atoms with E-state index in [-0.39, 0.29) is 11.4 Å². The van der Waals surface area contributed by atoms with Gasteiger partial charge in [-0.05, 0) is 31.0 Å². The van der Waals surface area contributed by atoms with Crippen molar-refractivity contribution in [3.8, 4) is 0 Å². The van der Waals surface area contributed by atoms with Crippen LogP contribution in [0.2, 0.25) is 0 Å². The number of hydrogen-bond donors (Lipinski definition) is 1. The summed E-state index contributed by atoms with van der Waals surface area (Å²) in [6.45, 7) is 1.13. The second-order valence-corrected chi connectivity index (χ2v) is 5.66. The number of rotatable bonds is 2. The molecule has 0 amide bonds. The van der Waals surface area contributed by atoms with Crippen LogP contribution in [0.15, 0.2) is 30.5 Å². The van der Waals surface area contributed by atoms with Crippen molar-refractivity contribution in [2.75, 3.05) is 18.0 Å². The van der Waals surface area contributed by atoms with E-state index < -0.39 is 17.7 Å². The molecule has 0 spiro atoms. The molecule has 0 saturated carbocycles. The molecule has 2 heterocycles. The number of aliphatic carboxylic acids is 1. The van der Waals surface area contributed by atoms with Crippen LogP contribution in [-0.2, 0) is 11.0 Å². The molecule has 0 atom stereocenters. The largest absolute Gasteiger partial charge is 0.481 e. The standard InChI is InChI=1S/C16H15F3N2O2/c17-16(18,19)11-1-2-12-13(9-11)20-6-3-14(12)21-7-4-10(5-8-21)15(22)23/h1-3,6,9-10H,4-5,7-8H2,(H,22,23). The molecule has 4 nitrogen and oxygen atoms in total. The maximum atomic E-state index is 12.8. The highest BCUT2D eigenvalue weighted by Crippen LogP contribution is 2.34. The Kier molecular flexibility index (Phi) is 3.87. The Hall–Kier alpha value is -2.31. The molecule has 122 valence electrons. The van der Waals surface area contributed by atoms with Crippen LogP contribution >= 0.6 is 0 Å². The van der Waals surface area contributed by atoms with Gasteiger partial charge >= 0.3 is 12.1 Å². The number of carboxylic acid groups (broad SMARTS) is 1. The Morgan fingerprint density at radius 1 is 1.22 bits per heavy atom. The number of halogens is 3. The van der Waals surface area contributed by atoms with E-state index in [9.17, 15) is 18.0 Å². The van der Waals surface area contributed by atoms with Gasteiger partial charge in [0.2, 0.25) is 0 Å². The van der Waals surface area contributed by atoms with Crippen molar-refractivity contribution in [3.05, 3.63) is 36.0 Å². The molecule has 0 radical (unpaired) electrons. The lowest BCUT2D eigenvalue weighted by atomic mass is 9.96. The quantitative estimate of drug-likeness (QED) is 0.918. The van der Waals surface area contributed by atoms with Gasteiger partial charge in [0.05, 0.1) is 17.0 Å². The number of fused-ring (bicyclic) bond motifs is 1. The molecule has 1 aliphatic rings. The maximum Gasteiger partial charge on any atom is 0.416 e. The predicted molar refractivity (Wildman–Crippen MR) is 79.3 cm³/mol. The highest BCUT2D eigenvalue weighted by molar-refractivity contribution is 5.92. The molecule has 0 bridgehead atoms. The van der Waals surface area contributed by atoms with Crippen LogP contribution in [-0.4, -0.2) is 29.1 Å². The first-order valence-electron chi connectivity index (χ1n) is 7.30. The molecule has 1 N–H and O–H groups in total. The van der Waals surface area contributed by atoms with E-state index in [0.29, 0.717) is 31.3 Å². The average Bonchev–Trinajstić information content (AvgIpc) is 2.53. The number of aromatic nitrogens is 1. The van der Waals surface area contributed by atoms with Crippen molar-refractivity contribution < 1.29 is 23.1 Å². The second kappa shape index (κ2) is 5.72. The van der Waals surface area contributed by atoms with E-state index in [0.717, 1.165) is 17.8 Å². The number of piperidine rings is 1. The predicted octanol–water partition coefficient (Wildman–Crippen LogP) is 3.55. The van der Waals surface area contributed by atoms with Crippen LogP contribution < -0.4 is 4.90 Å². The first kappa shape index (κ1) is 15.6. The molecule has 1 aromatic carbocycles. The second-order valence-electron chi connectivity index (χ2n) is 5.66. The third-order valence-electron chi connectivity index (χ3n) is 4.23. The Morgan fingerprint density at radius 2 is 1.91 bits per heavy atom. The molecule has 23 heavy (non-hydrogen) atoms. The number of pyridine rings is 1. The van der Waals surface area contributed by atoms with E-state index in [2.05, 4.69) is 4.98 Å². The van der Waals surface area contributed by atoms with Gasteiger partial charge in [-0.3, -0.25) is 9.78 Å². The summed E-state index contributed by atoms with van der Waals surface area (Å²) in [4.78, 5) is 17.1. The molecule has 0 aliphatic carbocycles. The number of alkyl halides is 3. The summed E-state index contributed by atoms with van der Waals surface area (Å²) < 4.78 is 38.4. The van der Waals surface area contributed by atoms with Gasteiger partial charge in [-0.25, -0.2) is 0 Å². The molecule has 1 aliphatic heterocycles. The van der Waals surface area contributed by atoms with Crippen molar-refractivity contribution in [2.24, 2.45) is 5.92 Å². The van der Waals surface area contributed by atoms with Crippen molar-refractivity contribution >= 4 is 22.6 Å². The Bertz CT molecular complexity index is 738. The minimum Gasteiger partial charge on any atom is -0.481 e. The third-order valence-corrected chi connectivity index (χ3v) is 4.23. The summed E-state index contributed by atoms with van der Waals surface area (Å²) in [7, 11) is 0. The first-order valence-corrected chi connectivity index (χ1v) is 7.30. The normalized spacial score (nSPS) is 16.7. The van der Waals surface area contributed by atoms with Gasteiger partial charge in [0.15, 0.2) is 0 Å². The first-order chi connectivity index (χ1) is 10.9. The number of hydrogen-bond acceptors (Lipinski definition) is 3. The zero-order valence-electron chi connectivity index (χ0n) is 12.2. The SMILES string of the molecule is O=C(O)C1CCN(c2ccnc3cc(C(F)(F)F)ccc23)CC1. The summed E-state index contributed by atoms with van der Waals surface area (Å²) in [5.74, 6) is -1.14. The Labute approximate surface area is 130 Å². The summed E-state index contributed by atoms with van der Waals surface area (Å²) in [6.07, 6.45) is -1.85. The molecule has 7 heteroatoms. The van der Waals surface area contributed by atoms with E-state index in [1.807, 2.05) is 4.90 Å². The number of benzene rings is 1. The molecule has 1 aromatic heterocycles. The zero-order chi connectivity index (χ0) is 16.6. The molecular formula is C16H15F3N2O2. The summed E-state index contributed by atoms with van der Waals surface area (Å²) >= 11 is 0. The highest BCUT2D eigenvalue weighted by atomic mass is 19.4. The number of carbonyl (C=O) groups is 1. The molecule has 1 saturated heterocycles. The Balaban J connectivity index is 1.92. The van der Waals surface area contributed by atoms with E-state index in [1.165, 1.54) is 12.3 Å². The summed E-state index contributed by atoms with van der Waals surface area (Å²) in [5, 5.41) is 9.69. The lowest BCUT2D eigenvalue weighted by Crippen LogP contribution is -2.36. The number of nitrogens with zero attached hydrogens (tertiary/aromatic N) is 2. The van der Waals surface area contributed by atoms with Gasteiger partial charge in [0, 0.05) is 30.4 Å². The maximum absolute atomic E-state index is 12.8. The summed E-state index contributed by atoms with van der Waals surface area (Å²) in [6, 6.07) is 5.29. The minimum atomic E-state index is -4.40. The van der Waals surface area contributed by atoms with E-state index >= 15 is 0 Å². The monoisotopic (exact) mass is 324 g/mol. The smallest absolute Gasteiger partial charge is 0.416 e. The minimum absolute atomic E-state index is 0.290. The average molecular weight is 324 g/mol. The van der Waals surface area contributed by atoms with Crippen molar-refractivity contribution in [2.45, 2.75) is 19.0 Å². The molecule has 1 fully saturated rings. The molecular weight excluding hydrogens is 309 g/mol. The van der Waals surface area contributed by atoms with Crippen molar-refractivity contribution in [3.63, 3.8) is 0 Å². The van der Waals surface area contributed by atoms with Crippen LogP contribution in [0.3, 0.4) is 0 Å². The number of anilines is 1. The lowest BCUT2D eigenvalue weighted by molar-refractivity contribution is -0.142. The van der Waals surface area contributed by atoms with Gasteiger partial charge in [0.25, 0.3) is 0 Å². The van der Waals surface area contributed by atoms with Gasteiger partial charge in [0.1, 0.15) is 0 Å². The van der Waals surface area contributed by atoms with E-state index in [1.54, 1.807) is 6.07 Å². The van der Waals surface area contributed by atoms with Crippen molar-refractivity contribution in [1.29, 1.82) is 0 Å². The lowest BCUT2D eigenvalue weighted by Gasteiger charge is -2.32.